The van der Waals surface area contributed by atoms with Crippen LogP contribution in [0.2, 0.25) is 0 Å². The highest BCUT2D eigenvalue weighted by molar-refractivity contribution is 5.41. The molecule has 0 saturated carbocycles. The minimum Gasteiger partial charge on any atom is -0.393 e. The topological polar surface area (TPSA) is 53.0 Å². The van der Waals surface area contributed by atoms with E-state index in [1.165, 1.54) is 5.56 Å². The lowest BCUT2D eigenvalue weighted by atomic mass is 10.1. The predicted molar refractivity (Wildman–Crippen MR) is 78.4 cm³/mol. The number of aryl methyl sites for hydroxylation is 1. The lowest BCUT2D eigenvalue weighted by Crippen LogP contribution is -2.23. The van der Waals surface area contributed by atoms with E-state index in [0.29, 0.717) is 12.2 Å². The van der Waals surface area contributed by atoms with Gasteiger partial charge in [0, 0.05) is 7.05 Å². The lowest BCUT2D eigenvalue weighted by Gasteiger charge is -2.10. The van der Waals surface area contributed by atoms with Crippen molar-refractivity contribution in [1.29, 1.82) is 0 Å². The molecule has 0 fully saturated rings. The molecule has 1 heterocycles. The molecular weight excluding hydrogens is 238 g/mol. The molecule has 4 heteroatoms. The molecule has 0 atom stereocenters. The van der Waals surface area contributed by atoms with Gasteiger partial charge in [0.15, 0.2) is 0 Å². The average Bonchev–Trinajstić information content (AvgIpc) is 2.57. The van der Waals surface area contributed by atoms with E-state index in [-0.39, 0.29) is 5.56 Å². The van der Waals surface area contributed by atoms with Gasteiger partial charge in [0.05, 0.1) is 12.2 Å². The van der Waals surface area contributed by atoms with E-state index in [2.05, 4.69) is 13.0 Å². The summed E-state index contributed by atoms with van der Waals surface area (Å²) >= 11 is 0. The van der Waals surface area contributed by atoms with Crippen molar-refractivity contribution in [3.05, 3.63) is 51.4 Å². The molecule has 1 aromatic heterocycles. The largest absolute Gasteiger partial charge is 0.393 e. The Hall–Kier alpha value is -1.97. The van der Waals surface area contributed by atoms with Crippen LogP contribution in [0, 0.1) is 6.92 Å². The number of nitrogen functional groups attached to an aromatic ring is 1. The van der Waals surface area contributed by atoms with E-state index in [1.54, 1.807) is 4.68 Å². The number of hydrogen-bond acceptors (Lipinski definition) is 2. The van der Waals surface area contributed by atoms with Crippen LogP contribution in [0.3, 0.4) is 0 Å². The molecule has 0 saturated heterocycles. The SMILES string of the molecule is CCCc1c(N)c(=O)n(Cc2cccc(C)c2)n1C. The summed E-state index contributed by atoms with van der Waals surface area (Å²) in [6, 6.07) is 8.18. The predicted octanol–water partition coefficient (Wildman–Crippen LogP) is 2.08. The molecule has 2 rings (SSSR count). The van der Waals surface area contributed by atoms with E-state index < -0.39 is 0 Å². The molecular formula is C15H21N3O. The monoisotopic (exact) mass is 259 g/mol. The van der Waals surface area contributed by atoms with Gasteiger partial charge in [-0.05, 0) is 18.9 Å². The molecule has 19 heavy (non-hydrogen) atoms. The Morgan fingerprint density at radius 1 is 1.32 bits per heavy atom. The first-order valence-corrected chi connectivity index (χ1v) is 6.64. The fourth-order valence-corrected chi connectivity index (χ4v) is 2.41. The van der Waals surface area contributed by atoms with Crippen LogP contribution >= 0.6 is 0 Å². The second kappa shape index (κ2) is 5.34. The van der Waals surface area contributed by atoms with Crippen molar-refractivity contribution >= 4 is 5.69 Å². The number of rotatable bonds is 4. The fourth-order valence-electron chi connectivity index (χ4n) is 2.41. The summed E-state index contributed by atoms with van der Waals surface area (Å²) in [4.78, 5) is 12.2. The third-order valence-electron chi connectivity index (χ3n) is 3.43. The summed E-state index contributed by atoms with van der Waals surface area (Å²) < 4.78 is 3.60. The zero-order valence-corrected chi connectivity index (χ0v) is 11.8. The van der Waals surface area contributed by atoms with Crippen LogP contribution < -0.4 is 11.3 Å². The Kier molecular flexibility index (Phi) is 3.79. The summed E-state index contributed by atoms with van der Waals surface area (Å²) in [6.45, 7) is 4.70. The summed E-state index contributed by atoms with van der Waals surface area (Å²) in [6.07, 6.45) is 1.81. The molecule has 102 valence electrons. The van der Waals surface area contributed by atoms with Crippen molar-refractivity contribution in [1.82, 2.24) is 9.36 Å². The maximum atomic E-state index is 12.2. The Morgan fingerprint density at radius 3 is 2.68 bits per heavy atom. The van der Waals surface area contributed by atoms with Gasteiger partial charge >= 0.3 is 0 Å². The number of nitrogens with two attached hydrogens (primary N) is 1. The van der Waals surface area contributed by atoms with Crippen molar-refractivity contribution in [2.45, 2.75) is 33.2 Å². The minimum absolute atomic E-state index is 0.0903. The highest BCUT2D eigenvalue weighted by atomic mass is 16.1. The number of anilines is 1. The standard InChI is InChI=1S/C15H21N3O/c1-4-6-13-14(16)15(19)18(17(13)3)10-12-8-5-7-11(2)9-12/h5,7-9H,4,6,10,16H2,1-3H3. The fraction of sp³-hybridized carbons (Fsp3) is 0.400. The van der Waals surface area contributed by atoms with Gasteiger partial charge in [0.2, 0.25) is 0 Å². The Bertz CT molecular complexity index is 637. The number of benzene rings is 1. The van der Waals surface area contributed by atoms with Crippen LogP contribution in [0.5, 0.6) is 0 Å². The van der Waals surface area contributed by atoms with E-state index in [9.17, 15) is 4.79 Å². The first kappa shape index (κ1) is 13.5. The van der Waals surface area contributed by atoms with Gasteiger partial charge in [-0.15, -0.1) is 0 Å². The molecule has 0 unspecified atom stereocenters. The van der Waals surface area contributed by atoms with Crippen molar-refractivity contribution in [3.63, 3.8) is 0 Å². The Labute approximate surface area is 113 Å². The first-order chi connectivity index (χ1) is 9.04. The molecule has 0 aliphatic carbocycles. The van der Waals surface area contributed by atoms with Crippen LogP contribution in [-0.4, -0.2) is 9.36 Å². The molecule has 1 aromatic carbocycles. The zero-order chi connectivity index (χ0) is 14.0. The highest BCUT2D eigenvalue weighted by Crippen LogP contribution is 2.12. The number of nitrogens with zero attached hydrogens (tertiary/aromatic N) is 2. The minimum atomic E-state index is -0.0903. The lowest BCUT2D eigenvalue weighted by molar-refractivity contribution is 0.516. The number of aromatic nitrogens is 2. The van der Waals surface area contributed by atoms with E-state index >= 15 is 0 Å². The van der Waals surface area contributed by atoms with E-state index in [1.807, 2.05) is 36.9 Å². The third-order valence-corrected chi connectivity index (χ3v) is 3.43. The second-order valence-corrected chi connectivity index (χ2v) is 4.99. The van der Waals surface area contributed by atoms with Gasteiger partial charge in [-0.2, -0.15) is 0 Å². The van der Waals surface area contributed by atoms with Gasteiger partial charge in [0.25, 0.3) is 5.56 Å². The molecule has 2 N–H and O–H groups in total. The van der Waals surface area contributed by atoms with Crippen molar-refractivity contribution in [2.75, 3.05) is 5.73 Å². The van der Waals surface area contributed by atoms with Crippen LogP contribution in [0.1, 0.15) is 30.2 Å². The Balaban J connectivity index is 2.41. The first-order valence-electron chi connectivity index (χ1n) is 6.64. The smallest absolute Gasteiger partial charge is 0.290 e. The summed E-state index contributed by atoms with van der Waals surface area (Å²) in [5, 5.41) is 0. The zero-order valence-electron chi connectivity index (χ0n) is 11.8. The maximum Gasteiger partial charge on any atom is 0.290 e. The molecule has 0 aliphatic heterocycles. The molecule has 4 nitrogen and oxygen atoms in total. The normalized spacial score (nSPS) is 10.9. The summed E-state index contributed by atoms with van der Waals surface area (Å²) in [7, 11) is 1.90. The van der Waals surface area contributed by atoms with Crippen LogP contribution in [0.25, 0.3) is 0 Å². The van der Waals surface area contributed by atoms with Gasteiger partial charge in [-0.3, -0.25) is 9.48 Å². The molecule has 0 bridgehead atoms. The molecule has 0 aliphatic rings. The molecule has 0 amide bonds. The Morgan fingerprint density at radius 2 is 2.05 bits per heavy atom. The van der Waals surface area contributed by atoms with Crippen molar-refractivity contribution < 1.29 is 0 Å². The van der Waals surface area contributed by atoms with Gasteiger partial charge in [-0.1, -0.05) is 43.2 Å². The summed E-state index contributed by atoms with van der Waals surface area (Å²) in [5.74, 6) is 0. The van der Waals surface area contributed by atoms with Crippen LogP contribution in [0.4, 0.5) is 5.69 Å². The summed E-state index contributed by atoms with van der Waals surface area (Å²) in [5.41, 5.74) is 9.46. The van der Waals surface area contributed by atoms with Crippen molar-refractivity contribution in [3.8, 4) is 0 Å². The molecule has 2 aromatic rings. The second-order valence-electron chi connectivity index (χ2n) is 4.99. The highest BCUT2D eigenvalue weighted by Gasteiger charge is 2.14. The van der Waals surface area contributed by atoms with Crippen LogP contribution in [-0.2, 0) is 20.0 Å². The van der Waals surface area contributed by atoms with Crippen LogP contribution in [0.15, 0.2) is 29.1 Å². The maximum absolute atomic E-state index is 12.2. The van der Waals surface area contributed by atoms with Gasteiger partial charge in [-0.25, -0.2) is 4.68 Å². The number of hydrogen-bond donors (Lipinski definition) is 1. The van der Waals surface area contributed by atoms with Crippen molar-refractivity contribution in [2.24, 2.45) is 7.05 Å². The average molecular weight is 259 g/mol. The van der Waals surface area contributed by atoms with E-state index in [0.717, 1.165) is 24.1 Å². The quantitative estimate of drug-likeness (QED) is 0.914. The van der Waals surface area contributed by atoms with E-state index in [4.69, 9.17) is 5.73 Å². The molecule has 0 spiro atoms. The van der Waals surface area contributed by atoms with Gasteiger partial charge < -0.3 is 5.73 Å². The van der Waals surface area contributed by atoms with Gasteiger partial charge in [0.1, 0.15) is 5.69 Å². The molecule has 0 radical (unpaired) electrons. The third kappa shape index (κ3) is 2.57.